The van der Waals surface area contributed by atoms with Crippen LogP contribution in [0.4, 0.5) is 0 Å². The molecular formula is C46H33N5Pt. The number of fused-ring (bicyclic) bond motifs is 7. The van der Waals surface area contributed by atoms with Crippen LogP contribution in [0.5, 0.6) is 0 Å². The van der Waals surface area contributed by atoms with Crippen molar-refractivity contribution in [2.45, 2.75) is 26.2 Å². The number of hydrogen-bond acceptors (Lipinski definition) is 2. The first-order valence-electron chi connectivity index (χ1n) is 17.4. The average Bonchev–Trinajstić information content (AvgIpc) is 3.84. The van der Waals surface area contributed by atoms with E-state index in [1.165, 1.54) is 10.9 Å². The Kier molecular flexibility index (Phi) is 7.53. The predicted molar refractivity (Wildman–Crippen MR) is 210 cm³/mol. The van der Waals surface area contributed by atoms with Gasteiger partial charge in [-0.2, -0.15) is 0 Å². The first kappa shape index (κ1) is 32.2. The molecule has 0 radical (unpaired) electrons. The molecule has 4 aromatic heterocycles. The summed E-state index contributed by atoms with van der Waals surface area (Å²) >= 11 is 0. The van der Waals surface area contributed by atoms with Gasteiger partial charge < -0.3 is 9.55 Å². The molecule has 252 valence electrons. The zero-order valence-corrected chi connectivity index (χ0v) is 31.2. The van der Waals surface area contributed by atoms with Gasteiger partial charge >= 0.3 is 21.1 Å². The summed E-state index contributed by atoms with van der Waals surface area (Å²) in [6, 6.07) is 52.9. The molecule has 10 aromatic rings. The average molecular weight is 851 g/mol. The third-order valence-corrected chi connectivity index (χ3v) is 10.1. The fourth-order valence-electron chi connectivity index (χ4n) is 7.61. The second-order valence-electron chi connectivity index (χ2n) is 14.2. The first-order chi connectivity index (χ1) is 24.9. The topological polar surface area (TPSA) is 49.7 Å². The van der Waals surface area contributed by atoms with Gasteiger partial charge in [0.2, 0.25) is 0 Å². The maximum atomic E-state index is 5.48. The number of para-hydroxylation sites is 4. The molecule has 6 heteroatoms. The van der Waals surface area contributed by atoms with E-state index in [-0.39, 0.29) is 26.5 Å². The molecule has 10 rings (SSSR count). The Morgan fingerprint density at radius 1 is 0.615 bits per heavy atom. The van der Waals surface area contributed by atoms with Crippen molar-refractivity contribution in [3.63, 3.8) is 0 Å². The molecule has 0 saturated carbocycles. The van der Waals surface area contributed by atoms with Crippen molar-refractivity contribution in [2.24, 2.45) is 0 Å². The maximum Gasteiger partial charge on any atom is 2.00 e. The van der Waals surface area contributed by atoms with E-state index < -0.39 is 0 Å². The number of aromatic nitrogens is 5. The van der Waals surface area contributed by atoms with Crippen molar-refractivity contribution >= 4 is 54.6 Å². The van der Waals surface area contributed by atoms with Gasteiger partial charge in [0, 0.05) is 23.0 Å². The van der Waals surface area contributed by atoms with E-state index in [9.17, 15) is 0 Å². The molecule has 0 saturated heterocycles. The Balaban J connectivity index is 0.00000360. The molecular weight excluding hydrogens is 818 g/mol. The Morgan fingerprint density at radius 3 is 2.19 bits per heavy atom. The summed E-state index contributed by atoms with van der Waals surface area (Å²) in [6.45, 7) is 6.77. The molecule has 5 nitrogen and oxygen atoms in total. The van der Waals surface area contributed by atoms with Crippen LogP contribution in [0.15, 0.2) is 146 Å². The van der Waals surface area contributed by atoms with E-state index in [0.29, 0.717) is 0 Å². The standard InChI is InChI=1S/C46H33N5.Pt/c1-46(2,3)30-23-25-35-34-24-22-29(27-40(34)51(41(35)28-30)42-21-9-10-26-47-42)32-16-12-20-39-44(32)49-45(50(39)31-13-5-4-6-14-31)37-18-11-17-36-33-15-7-8-19-38(33)48-43(36)37;/h4-26,28H,1-3H3;/q-2;+2. The van der Waals surface area contributed by atoms with Crippen LogP contribution < -0.4 is 4.98 Å². The summed E-state index contributed by atoms with van der Waals surface area (Å²) in [5, 5.41) is 4.61. The second kappa shape index (κ2) is 12.2. The van der Waals surface area contributed by atoms with Gasteiger partial charge in [-0.3, -0.25) is 4.57 Å². The molecule has 0 unspecified atom stereocenters. The molecule has 0 spiro atoms. The molecule has 0 aliphatic heterocycles. The van der Waals surface area contributed by atoms with E-state index in [2.05, 4.69) is 157 Å². The minimum Gasteiger partial charge on any atom is -0.656 e. The zero-order chi connectivity index (χ0) is 34.3. The van der Waals surface area contributed by atoms with Crippen LogP contribution in [-0.2, 0) is 26.5 Å². The van der Waals surface area contributed by atoms with E-state index in [1.807, 2.05) is 24.4 Å². The van der Waals surface area contributed by atoms with Gasteiger partial charge in [0.15, 0.2) is 0 Å². The fourth-order valence-corrected chi connectivity index (χ4v) is 7.61. The minimum atomic E-state index is 0. The maximum absolute atomic E-state index is 5.48. The Hall–Kier alpha value is -5.77. The molecule has 4 heterocycles. The van der Waals surface area contributed by atoms with Crippen LogP contribution in [0.1, 0.15) is 26.3 Å². The smallest absolute Gasteiger partial charge is 0.656 e. The normalized spacial score (nSPS) is 12.0. The summed E-state index contributed by atoms with van der Waals surface area (Å²) < 4.78 is 4.52. The molecule has 0 aliphatic rings. The zero-order valence-electron chi connectivity index (χ0n) is 28.9. The third-order valence-electron chi connectivity index (χ3n) is 10.1. The van der Waals surface area contributed by atoms with E-state index in [4.69, 9.17) is 15.0 Å². The van der Waals surface area contributed by atoms with Gasteiger partial charge in [-0.15, -0.1) is 34.8 Å². The first-order valence-corrected chi connectivity index (χ1v) is 17.4. The molecule has 0 amide bonds. The van der Waals surface area contributed by atoms with E-state index in [0.717, 1.165) is 83.3 Å². The van der Waals surface area contributed by atoms with Gasteiger partial charge in [-0.05, 0) is 69.1 Å². The summed E-state index contributed by atoms with van der Waals surface area (Å²) in [5.74, 6) is 1.73. The van der Waals surface area contributed by atoms with E-state index >= 15 is 0 Å². The van der Waals surface area contributed by atoms with Gasteiger partial charge in [0.1, 0.15) is 11.6 Å². The summed E-state index contributed by atoms with van der Waals surface area (Å²) in [6.07, 6.45) is 1.86. The van der Waals surface area contributed by atoms with Crippen molar-refractivity contribution in [3.8, 4) is 34.0 Å². The number of nitrogens with zero attached hydrogens (tertiary/aromatic N) is 5. The monoisotopic (exact) mass is 850 g/mol. The van der Waals surface area contributed by atoms with Gasteiger partial charge in [-0.25, -0.2) is 9.97 Å². The van der Waals surface area contributed by atoms with Crippen molar-refractivity contribution < 1.29 is 21.1 Å². The van der Waals surface area contributed by atoms with Gasteiger partial charge in [0.25, 0.3) is 0 Å². The van der Waals surface area contributed by atoms with Crippen molar-refractivity contribution in [1.82, 2.24) is 24.1 Å². The minimum absolute atomic E-state index is 0. The molecule has 6 aromatic carbocycles. The molecule has 52 heavy (non-hydrogen) atoms. The molecule has 0 N–H and O–H groups in total. The van der Waals surface area contributed by atoms with Gasteiger partial charge in [-0.1, -0.05) is 123 Å². The molecule has 0 fully saturated rings. The number of pyridine rings is 1. The van der Waals surface area contributed by atoms with Crippen LogP contribution in [0.2, 0.25) is 0 Å². The molecule has 0 aliphatic carbocycles. The third kappa shape index (κ3) is 4.95. The largest absolute Gasteiger partial charge is 2.00 e. The van der Waals surface area contributed by atoms with Crippen LogP contribution in [-0.4, -0.2) is 19.1 Å². The Bertz CT molecular complexity index is 2940. The number of imidazole rings is 1. The molecule has 0 bridgehead atoms. The quantitative estimate of drug-likeness (QED) is 0.166. The van der Waals surface area contributed by atoms with Crippen molar-refractivity contribution in [1.29, 1.82) is 0 Å². The SMILES string of the molecule is CC(C)(C)c1ccc2c3ccc(-c4cccc5c4nc(-c4cccc6c4[n-]c4ccccc46)n5-c4ccccc4)[c-]c3n(-c3ccccn3)c2c1.[Pt+2]. The second-order valence-corrected chi connectivity index (χ2v) is 14.2. The Labute approximate surface area is 315 Å². The van der Waals surface area contributed by atoms with Crippen molar-refractivity contribution in [2.75, 3.05) is 0 Å². The fraction of sp³-hybridized carbons (Fsp3) is 0.0870. The van der Waals surface area contributed by atoms with Crippen molar-refractivity contribution in [3.05, 3.63) is 157 Å². The van der Waals surface area contributed by atoms with Crippen LogP contribution in [0.3, 0.4) is 0 Å². The molecule has 0 atom stereocenters. The number of hydrogen-bond donors (Lipinski definition) is 0. The summed E-state index contributed by atoms with van der Waals surface area (Å²) in [7, 11) is 0. The van der Waals surface area contributed by atoms with Crippen LogP contribution >= 0.6 is 0 Å². The van der Waals surface area contributed by atoms with E-state index in [1.54, 1.807) is 0 Å². The van der Waals surface area contributed by atoms with Crippen LogP contribution in [0.25, 0.3) is 88.7 Å². The number of rotatable bonds is 4. The Morgan fingerprint density at radius 2 is 1.37 bits per heavy atom. The van der Waals surface area contributed by atoms with Gasteiger partial charge in [0.05, 0.1) is 11.0 Å². The summed E-state index contributed by atoms with van der Waals surface area (Å²) in [5.41, 5.74) is 11.3. The summed E-state index contributed by atoms with van der Waals surface area (Å²) in [4.78, 5) is 15.4. The van der Waals surface area contributed by atoms with Crippen LogP contribution in [0, 0.1) is 6.07 Å². The number of benzene rings is 6. The predicted octanol–water partition coefficient (Wildman–Crippen LogP) is 11.2.